The van der Waals surface area contributed by atoms with Crippen LogP contribution in [0.3, 0.4) is 0 Å². The van der Waals surface area contributed by atoms with Crippen LogP contribution in [0.4, 0.5) is 0 Å². The minimum Gasteiger partial charge on any atom is -0.470 e. The Kier molecular flexibility index (Phi) is 4.02. The van der Waals surface area contributed by atoms with E-state index >= 15 is 0 Å². The molecule has 2 aromatic heterocycles. The Morgan fingerprint density at radius 1 is 1.24 bits per heavy atom. The normalized spacial score (nSPS) is 14.2. The number of nitrogens with zero attached hydrogens (tertiary/aromatic N) is 6. The highest BCUT2D eigenvalue weighted by molar-refractivity contribution is 6.31. The Morgan fingerprint density at radius 2 is 2.12 bits per heavy atom. The van der Waals surface area contributed by atoms with Gasteiger partial charge < -0.3 is 9.64 Å². The summed E-state index contributed by atoms with van der Waals surface area (Å²) in [5.74, 6) is 0.323. The molecule has 0 atom stereocenters. The second-order valence-electron chi connectivity index (χ2n) is 5.55. The summed E-state index contributed by atoms with van der Waals surface area (Å²) in [6.45, 7) is 0.974. The van der Waals surface area contributed by atoms with Gasteiger partial charge in [0.05, 0.1) is 18.8 Å². The van der Waals surface area contributed by atoms with Crippen molar-refractivity contribution in [1.82, 2.24) is 30.1 Å². The van der Waals surface area contributed by atoms with Gasteiger partial charge in [0.1, 0.15) is 17.5 Å². The number of ether oxygens (including phenoxy) is 1. The fourth-order valence-electron chi connectivity index (χ4n) is 2.54. The maximum atomic E-state index is 12.6. The fourth-order valence-corrected chi connectivity index (χ4v) is 2.70. The molecule has 1 fully saturated rings. The molecule has 0 spiro atoms. The van der Waals surface area contributed by atoms with E-state index in [1.807, 2.05) is 6.07 Å². The Morgan fingerprint density at radius 3 is 2.88 bits per heavy atom. The number of rotatable bonds is 4. The van der Waals surface area contributed by atoms with Crippen molar-refractivity contribution < 1.29 is 9.53 Å². The number of benzene rings is 1. The van der Waals surface area contributed by atoms with Crippen LogP contribution in [-0.4, -0.2) is 55.2 Å². The molecule has 1 aromatic carbocycles. The zero-order valence-corrected chi connectivity index (χ0v) is 13.7. The molecular formula is C16H13ClN6O2. The Hall–Kier alpha value is -3.00. The van der Waals surface area contributed by atoms with Gasteiger partial charge in [-0.2, -0.15) is 0 Å². The molecule has 9 heteroatoms. The van der Waals surface area contributed by atoms with Crippen LogP contribution in [0.2, 0.25) is 5.02 Å². The summed E-state index contributed by atoms with van der Waals surface area (Å²) in [6.07, 6.45) is 2.99. The molecular weight excluding hydrogens is 344 g/mol. The molecule has 3 heterocycles. The molecule has 0 unspecified atom stereocenters. The third kappa shape index (κ3) is 3.16. The largest absolute Gasteiger partial charge is 0.470 e. The number of carbonyl (C=O) groups excluding carboxylic acids is 1. The molecule has 0 aliphatic carbocycles. The lowest BCUT2D eigenvalue weighted by molar-refractivity contribution is 0.0160. The van der Waals surface area contributed by atoms with Crippen LogP contribution in [-0.2, 0) is 0 Å². The van der Waals surface area contributed by atoms with Gasteiger partial charge in [-0.1, -0.05) is 17.7 Å². The number of hydrogen-bond acceptors (Lipinski definition) is 6. The van der Waals surface area contributed by atoms with Crippen molar-refractivity contribution >= 4 is 17.5 Å². The summed E-state index contributed by atoms with van der Waals surface area (Å²) in [7, 11) is 0. The molecule has 0 radical (unpaired) electrons. The number of amides is 1. The summed E-state index contributed by atoms with van der Waals surface area (Å²) in [4.78, 5) is 18.4. The highest BCUT2D eigenvalue weighted by Gasteiger charge is 2.33. The van der Waals surface area contributed by atoms with E-state index in [4.69, 9.17) is 16.3 Å². The van der Waals surface area contributed by atoms with Gasteiger partial charge in [0.15, 0.2) is 0 Å². The first kappa shape index (κ1) is 15.5. The minimum absolute atomic E-state index is 0.0677. The molecule has 0 N–H and O–H groups in total. The number of hydrogen-bond donors (Lipinski definition) is 0. The third-order valence-electron chi connectivity index (χ3n) is 3.84. The van der Waals surface area contributed by atoms with E-state index in [0.29, 0.717) is 29.6 Å². The monoisotopic (exact) mass is 356 g/mol. The highest BCUT2D eigenvalue weighted by atomic mass is 35.5. The first-order chi connectivity index (χ1) is 12.2. The van der Waals surface area contributed by atoms with Crippen LogP contribution in [0.5, 0.6) is 5.88 Å². The maximum Gasteiger partial charge on any atom is 0.254 e. The predicted octanol–water partition coefficient (Wildman–Crippen LogP) is 1.61. The third-order valence-corrected chi connectivity index (χ3v) is 4.13. The zero-order chi connectivity index (χ0) is 17.2. The molecule has 1 aliphatic heterocycles. The van der Waals surface area contributed by atoms with Crippen LogP contribution < -0.4 is 4.74 Å². The second kappa shape index (κ2) is 6.48. The standard InChI is InChI=1S/C16H13ClN6O2/c17-14-5-2-6-18-15(14)25-13-8-22(9-13)16(24)11-3-1-4-12(7-11)23-10-19-20-21-23/h1-7,10,13H,8-9H2. The molecule has 4 rings (SSSR count). The Labute approximate surface area is 148 Å². The number of carbonyl (C=O) groups is 1. The van der Waals surface area contributed by atoms with Crippen LogP contribution in [0.1, 0.15) is 10.4 Å². The van der Waals surface area contributed by atoms with Gasteiger partial charge >= 0.3 is 0 Å². The summed E-state index contributed by atoms with van der Waals surface area (Å²) < 4.78 is 7.21. The quantitative estimate of drug-likeness (QED) is 0.706. The molecule has 1 amide bonds. The minimum atomic E-state index is -0.112. The van der Waals surface area contributed by atoms with Crippen LogP contribution in [0, 0.1) is 0 Å². The van der Waals surface area contributed by atoms with Crippen LogP contribution >= 0.6 is 11.6 Å². The predicted molar refractivity (Wildman–Crippen MR) is 88.7 cm³/mol. The lowest BCUT2D eigenvalue weighted by Gasteiger charge is -2.38. The first-order valence-electron chi connectivity index (χ1n) is 7.60. The first-order valence-corrected chi connectivity index (χ1v) is 7.98. The smallest absolute Gasteiger partial charge is 0.254 e. The molecule has 25 heavy (non-hydrogen) atoms. The zero-order valence-electron chi connectivity index (χ0n) is 13.0. The van der Waals surface area contributed by atoms with Gasteiger partial charge in [0.2, 0.25) is 5.88 Å². The fraction of sp³-hybridized carbons (Fsp3) is 0.188. The van der Waals surface area contributed by atoms with Gasteiger partial charge in [-0.25, -0.2) is 9.67 Å². The average molecular weight is 357 g/mol. The van der Waals surface area contributed by atoms with E-state index in [1.165, 1.54) is 11.0 Å². The lowest BCUT2D eigenvalue weighted by Crippen LogP contribution is -2.56. The highest BCUT2D eigenvalue weighted by Crippen LogP contribution is 2.24. The van der Waals surface area contributed by atoms with Crippen molar-refractivity contribution in [3.8, 4) is 11.6 Å². The molecule has 126 valence electrons. The van der Waals surface area contributed by atoms with Crippen LogP contribution in [0.25, 0.3) is 5.69 Å². The molecule has 1 aliphatic rings. The Balaban J connectivity index is 1.40. The number of halogens is 1. The number of pyridine rings is 1. The van der Waals surface area contributed by atoms with Crippen molar-refractivity contribution in [2.75, 3.05) is 13.1 Å². The van der Waals surface area contributed by atoms with E-state index in [-0.39, 0.29) is 12.0 Å². The number of likely N-dealkylation sites (tertiary alicyclic amines) is 1. The van der Waals surface area contributed by atoms with Crippen molar-refractivity contribution in [2.24, 2.45) is 0 Å². The van der Waals surface area contributed by atoms with Crippen molar-refractivity contribution in [2.45, 2.75) is 6.10 Å². The number of tetrazole rings is 1. The van der Waals surface area contributed by atoms with Crippen LogP contribution in [0.15, 0.2) is 48.9 Å². The van der Waals surface area contributed by atoms with Gasteiger partial charge in [-0.05, 0) is 40.8 Å². The summed E-state index contributed by atoms with van der Waals surface area (Å²) in [5.41, 5.74) is 1.30. The number of aromatic nitrogens is 5. The van der Waals surface area contributed by atoms with Gasteiger partial charge in [-0.3, -0.25) is 4.79 Å². The molecule has 0 saturated carbocycles. The van der Waals surface area contributed by atoms with Gasteiger partial charge in [0, 0.05) is 11.8 Å². The van der Waals surface area contributed by atoms with Gasteiger partial charge in [0.25, 0.3) is 5.91 Å². The van der Waals surface area contributed by atoms with Gasteiger partial charge in [-0.15, -0.1) is 5.10 Å². The topological polar surface area (TPSA) is 86.0 Å². The lowest BCUT2D eigenvalue weighted by atomic mass is 10.1. The molecule has 1 saturated heterocycles. The van der Waals surface area contributed by atoms with E-state index < -0.39 is 0 Å². The average Bonchev–Trinajstić information content (AvgIpc) is 3.13. The maximum absolute atomic E-state index is 12.6. The summed E-state index contributed by atoms with van der Waals surface area (Å²) in [5, 5.41) is 11.5. The van der Waals surface area contributed by atoms with E-state index in [1.54, 1.807) is 41.4 Å². The summed E-state index contributed by atoms with van der Waals surface area (Å²) in [6, 6.07) is 10.6. The Bertz CT molecular complexity index is 895. The molecule has 8 nitrogen and oxygen atoms in total. The SMILES string of the molecule is O=C(c1cccc(-n2cnnn2)c1)N1CC(Oc2ncccc2Cl)C1. The van der Waals surface area contributed by atoms with E-state index in [9.17, 15) is 4.79 Å². The van der Waals surface area contributed by atoms with E-state index in [0.717, 1.165) is 5.69 Å². The molecule has 3 aromatic rings. The second-order valence-corrected chi connectivity index (χ2v) is 5.95. The summed E-state index contributed by atoms with van der Waals surface area (Å²) >= 11 is 6.02. The van der Waals surface area contributed by atoms with E-state index in [2.05, 4.69) is 20.5 Å². The van der Waals surface area contributed by atoms with Crippen molar-refractivity contribution in [1.29, 1.82) is 0 Å². The molecule has 0 bridgehead atoms. The van der Waals surface area contributed by atoms with Crippen molar-refractivity contribution in [3.05, 3.63) is 59.5 Å². The van der Waals surface area contributed by atoms with Crippen molar-refractivity contribution in [3.63, 3.8) is 0 Å².